The first kappa shape index (κ1) is 32.4. The van der Waals surface area contributed by atoms with Crippen LogP contribution in [0, 0.1) is 18.3 Å². The number of rotatable bonds is 8. The average Bonchev–Trinajstić information content (AvgIpc) is 3.63. The monoisotopic (exact) mass is 679 g/mol. The molecule has 0 fully saturated rings. The number of anilines is 1. The number of thiazole rings is 1. The molecule has 7 rings (SSSR count). The minimum Gasteiger partial charge on any atom is -0.493 e. The Bertz CT molecular complexity index is 2570. The second-order valence-electron chi connectivity index (χ2n) is 12.0. The molecule has 0 bridgehead atoms. The van der Waals surface area contributed by atoms with E-state index in [1.807, 2.05) is 98.1 Å². The van der Waals surface area contributed by atoms with Crippen molar-refractivity contribution in [1.29, 1.82) is 5.26 Å². The van der Waals surface area contributed by atoms with Gasteiger partial charge < -0.3 is 19.4 Å². The van der Waals surface area contributed by atoms with Crippen molar-refractivity contribution in [3.8, 4) is 17.6 Å². The van der Waals surface area contributed by atoms with E-state index < -0.39 is 6.04 Å². The number of benzene rings is 4. The molecule has 4 aromatic carbocycles. The molecule has 0 saturated carbocycles. The molecule has 1 atom stereocenters. The number of nitrogens with one attached hydrogen (secondary N) is 1. The Hall–Kier alpha value is -6.18. The summed E-state index contributed by atoms with van der Waals surface area (Å²) in [6.07, 6.45) is 3.89. The van der Waals surface area contributed by atoms with Crippen molar-refractivity contribution < 1.29 is 14.3 Å². The first-order valence-corrected chi connectivity index (χ1v) is 16.8. The van der Waals surface area contributed by atoms with E-state index >= 15 is 0 Å². The Morgan fingerprint density at radius 3 is 2.50 bits per heavy atom. The molecule has 10 heteroatoms. The van der Waals surface area contributed by atoms with Gasteiger partial charge in [0.15, 0.2) is 16.3 Å². The molecular weight excluding hydrogens is 647 g/mol. The molecule has 50 heavy (non-hydrogen) atoms. The van der Waals surface area contributed by atoms with E-state index in [-0.39, 0.29) is 11.5 Å². The zero-order valence-corrected chi connectivity index (χ0v) is 28.7. The summed E-state index contributed by atoms with van der Waals surface area (Å²) >= 11 is 1.28. The molecule has 1 aliphatic rings. The Labute approximate surface area is 292 Å². The highest BCUT2D eigenvalue weighted by molar-refractivity contribution is 7.07. The van der Waals surface area contributed by atoms with Crippen molar-refractivity contribution in [2.24, 2.45) is 4.99 Å². The summed E-state index contributed by atoms with van der Waals surface area (Å²) in [5, 5.41) is 13.7. The Kier molecular flexibility index (Phi) is 8.66. The Morgan fingerprint density at radius 1 is 0.980 bits per heavy atom. The molecule has 1 N–H and O–H groups in total. The summed E-state index contributed by atoms with van der Waals surface area (Å²) in [6.45, 7) is 4.22. The van der Waals surface area contributed by atoms with Gasteiger partial charge in [0, 0.05) is 34.9 Å². The summed E-state index contributed by atoms with van der Waals surface area (Å²) in [6, 6.07) is 30.0. The van der Waals surface area contributed by atoms with Crippen LogP contribution in [0.2, 0.25) is 0 Å². The van der Waals surface area contributed by atoms with Crippen molar-refractivity contribution in [3.63, 3.8) is 0 Å². The first-order valence-electron chi connectivity index (χ1n) is 16.0. The third kappa shape index (κ3) is 5.78. The number of fused-ring (bicyclic) bond motifs is 2. The lowest BCUT2D eigenvalue weighted by atomic mass is 9.94. The number of ether oxygens (including phenoxy) is 2. The third-order valence-electron chi connectivity index (χ3n) is 8.97. The maximum atomic E-state index is 14.5. The van der Waals surface area contributed by atoms with Crippen molar-refractivity contribution in [2.75, 3.05) is 19.5 Å². The minimum atomic E-state index is -0.791. The van der Waals surface area contributed by atoms with Crippen LogP contribution in [-0.2, 0) is 11.3 Å². The molecule has 9 nitrogen and oxygen atoms in total. The summed E-state index contributed by atoms with van der Waals surface area (Å²) in [7, 11) is 3.11. The fraction of sp³-hybridized carbons (Fsp3) is 0.150. The van der Waals surface area contributed by atoms with Gasteiger partial charge in [-0.25, -0.2) is 4.99 Å². The zero-order chi connectivity index (χ0) is 34.9. The second kappa shape index (κ2) is 13.4. The highest BCUT2D eigenvalue weighted by Crippen LogP contribution is 2.36. The molecular formula is C40H33N5O4S. The molecule has 248 valence electrons. The largest absolute Gasteiger partial charge is 0.493 e. The smallest absolute Gasteiger partial charge is 0.271 e. The number of nitrogens with zero attached hydrogens (tertiary/aromatic N) is 4. The summed E-state index contributed by atoms with van der Waals surface area (Å²) in [4.78, 5) is 33.9. The number of methoxy groups -OCH3 is 2. The number of carbonyl (C=O) groups is 1. The number of para-hydroxylation sites is 2. The van der Waals surface area contributed by atoms with E-state index in [9.17, 15) is 14.9 Å². The van der Waals surface area contributed by atoms with Crippen LogP contribution in [0.3, 0.4) is 0 Å². The summed E-state index contributed by atoms with van der Waals surface area (Å²) < 4.78 is 15.3. The summed E-state index contributed by atoms with van der Waals surface area (Å²) in [5.74, 6) is 0.658. The van der Waals surface area contributed by atoms with Crippen molar-refractivity contribution in [3.05, 3.63) is 156 Å². The highest BCUT2D eigenvalue weighted by atomic mass is 32.1. The lowest BCUT2D eigenvalue weighted by Crippen LogP contribution is -2.40. The molecule has 0 aliphatic carbocycles. The van der Waals surface area contributed by atoms with Crippen LogP contribution in [0.15, 0.2) is 118 Å². The van der Waals surface area contributed by atoms with Crippen LogP contribution in [0.5, 0.6) is 11.5 Å². The van der Waals surface area contributed by atoms with E-state index in [1.165, 1.54) is 11.3 Å². The van der Waals surface area contributed by atoms with Crippen molar-refractivity contribution in [2.45, 2.75) is 26.4 Å². The molecule has 1 aliphatic heterocycles. The number of allylic oxidation sites excluding steroid dienone is 1. The van der Waals surface area contributed by atoms with Crippen LogP contribution in [0.1, 0.15) is 40.8 Å². The van der Waals surface area contributed by atoms with Gasteiger partial charge in [-0.2, -0.15) is 5.26 Å². The van der Waals surface area contributed by atoms with Gasteiger partial charge in [0.1, 0.15) is 0 Å². The van der Waals surface area contributed by atoms with Crippen LogP contribution in [-0.4, -0.2) is 29.3 Å². The van der Waals surface area contributed by atoms with E-state index in [0.717, 1.165) is 27.6 Å². The topological polar surface area (TPSA) is 111 Å². The fourth-order valence-corrected chi connectivity index (χ4v) is 7.50. The molecule has 6 aromatic rings. The lowest BCUT2D eigenvalue weighted by Gasteiger charge is -2.26. The molecule has 1 amide bonds. The van der Waals surface area contributed by atoms with Gasteiger partial charge in [-0.1, -0.05) is 72.0 Å². The van der Waals surface area contributed by atoms with E-state index in [0.29, 0.717) is 55.5 Å². The highest BCUT2D eigenvalue weighted by Gasteiger charge is 2.33. The fourth-order valence-electron chi connectivity index (χ4n) is 6.47. The zero-order valence-electron chi connectivity index (χ0n) is 27.9. The number of aryl methyl sites for hydroxylation is 1. The standard InChI is InChI=1S/C40H33N5O4S/c1-24-11-5-9-15-31(24)43-38(46)36-25(2)42-40-45(37(36)26-17-18-33(48-3)34(19-26)49-4)39(47)35(50-40)20-29-23-44(32-16-10-8-14-30(29)32)22-28-13-7-6-12-27(28)21-41/h5-20,23,37H,22H2,1-4H3,(H,43,46)/b35-20-/t37-/m0/s1. The van der Waals surface area contributed by atoms with Crippen LogP contribution >= 0.6 is 11.3 Å². The van der Waals surface area contributed by atoms with Crippen molar-refractivity contribution in [1.82, 2.24) is 9.13 Å². The predicted molar refractivity (Wildman–Crippen MR) is 195 cm³/mol. The normalized spacial score (nSPS) is 14.2. The molecule has 0 unspecified atom stereocenters. The third-order valence-corrected chi connectivity index (χ3v) is 9.95. The van der Waals surface area contributed by atoms with Crippen molar-refractivity contribution >= 4 is 39.9 Å². The van der Waals surface area contributed by atoms with Gasteiger partial charge in [0.2, 0.25) is 0 Å². The van der Waals surface area contributed by atoms with Gasteiger partial charge in [-0.05, 0) is 66.9 Å². The SMILES string of the molecule is COc1ccc([C@H]2C(C(=O)Nc3ccccc3C)=C(C)N=c3s/c(=C\c4cn(Cc5ccccc5C#N)c5ccccc45)c(=O)n32)cc1OC. The number of amides is 1. The number of nitriles is 1. The van der Waals surface area contributed by atoms with E-state index in [1.54, 1.807) is 37.8 Å². The number of aromatic nitrogens is 2. The average molecular weight is 680 g/mol. The Balaban J connectivity index is 1.38. The molecule has 0 radical (unpaired) electrons. The number of hydrogen-bond acceptors (Lipinski definition) is 7. The lowest BCUT2D eigenvalue weighted by molar-refractivity contribution is -0.113. The maximum absolute atomic E-state index is 14.5. The van der Waals surface area contributed by atoms with Gasteiger partial charge in [-0.15, -0.1) is 0 Å². The molecule has 0 spiro atoms. The first-order chi connectivity index (χ1) is 24.3. The van der Waals surface area contributed by atoms with Gasteiger partial charge in [0.25, 0.3) is 11.5 Å². The molecule has 0 saturated heterocycles. The second-order valence-corrected chi connectivity index (χ2v) is 13.0. The number of hydrogen-bond donors (Lipinski definition) is 1. The van der Waals surface area contributed by atoms with Gasteiger partial charge in [-0.3, -0.25) is 14.2 Å². The van der Waals surface area contributed by atoms with Gasteiger partial charge >= 0.3 is 0 Å². The van der Waals surface area contributed by atoms with E-state index in [2.05, 4.69) is 16.0 Å². The van der Waals surface area contributed by atoms with Crippen LogP contribution in [0.25, 0.3) is 17.0 Å². The Morgan fingerprint density at radius 2 is 1.72 bits per heavy atom. The minimum absolute atomic E-state index is 0.270. The predicted octanol–water partition coefficient (Wildman–Crippen LogP) is 6.07. The van der Waals surface area contributed by atoms with Gasteiger partial charge in [0.05, 0.1) is 47.7 Å². The van der Waals surface area contributed by atoms with E-state index in [4.69, 9.17) is 14.5 Å². The van der Waals surface area contributed by atoms with Crippen LogP contribution < -0.4 is 29.7 Å². The maximum Gasteiger partial charge on any atom is 0.271 e. The molecule has 2 aromatic heterocycles. The van der Waals surface area contributed by atoms with Crippen LogP contribution in [0.4, 0.5) is 5.69 Å². The number of carbonyl (C=O) groups excluding carboxylic acids is 1. The quantitative estimate of drug-likeness (QED) is 0.210. The summed E-state index contributed by atoms with van der Waals surface area (Å²) in [5.41, 5.74) is 6.22. The molecule has 3 heterocycles.